The van der Waals surface area contributed by atoms with E-state index in [2.05, 4.69) is 24.4 Å². The van der Waals surface area contributed by atoms with Gasteiger partial charge < -0.3 is 19.5 Å². The molecule has 36 heavy (non-hydrogen) atoms. The highest BCUT2D eigenvalue weighted by molar-refractivity contribution is 5.73. The molecule has 6 nitrogen and oxygen atoms in total. The summed E-state index contributed by atoms with van der Waals surface area (Å²) in [5, 5.41) is 2.80. The highest BCUT2D eigenvalue weighted by Crippen LogP contribution is 2.25. The first-order valence-corrected chi connectivity index (χ1v) is 12.1. The fourth-order valence-corrected chi connectivity index (χ4v) is 3.68. The van der Waals surface area contributed by atoms with Gasteiger partial charge in [-0.25, -0.2) is 4.79 Å². The minimum atomic E-state index is -0.535. The summed E-state index contributed by atoms with van der Waals surface area (Å²) < 4.78 is 16.3. The van der Waals surface area contributed by atoms with Crippen molar-refractivity contribution in [2.75, 3.05) is 7.11 Å². The van der Waals surface area contributed by atoms with Crippen molar-refractivity contribution in [1.82, 2.24) is 5.32 Å². The number of benzene rings is 3. The summed E-state index contributed by atoms with van der Waals surface area (Å²) in [6, 6.07) is 22.1. The number of carbonyl (C=O) groups is 2. The molecular weight excluding hydrogens is 454 g/mol. The van der Waals surface area contributed by atoms with Crippen molar-refractivity contribution in [3.05, 3.63) is 89.0 Å². The van der Waals surface area contributed by atoms with Gasteiger partial charge in [-0.05, 0) is 73.2 Å². The highest BCUT2D eigenvalue weighted by atomic mass is 16.6. The standard InChI is InChI=1S/C30H35NO5/c1-6-21-13-14-26(18-28(32)34-5)27(17-21)35-20-23-10-8-12-25(16-23)24-11-7-9-22(15-24)19-31-29(33)36-30(2,3)4/h7-17H,6,18-20H2,1-5H3,(H,31,33). The van der Waals surface area contributed by atoms with Crippen LogP contribution in [-0.2, 0) is 40.3 Å². The average Bonchev–Trinajstić information content (AvgIpc) is 2.86. The molecule has 0 bridgehead atoms. The fourth-order valence-electron chi connectivity index (χ4n) is 3.68. The van der Waals surface area contributed by atoms with E-state index in [-0.39, 0.29) is 12.4 Å². The number of nitrogens with one attached hydrogen (secondary N) is 1. The minimum Gasteiger partial charge on any atom is -0.489 e. The molecule has 190 valence electrons. The average molecular weight is 490 g/mol. The van der Waals surface area contributed by atoms with E-state index in [1.807, 2.05) is 75.4 Å². The molecule has 0 saturated carbocycles. The van der Waals surface area contributed by atoms with Crippen LogP contribution in [0.1, 0.15) is 49.9 Å². The van der Waals surface area contributed by atoms with Gasteiger partial charge in [0.15, 0.2) is 0 Å². The van der Waals surface area contributed by atoms with Gasteiger partial charge in [-0.3, -0.25) is 4.79 Å². The van der Waals surface area contributed by atoms with Crippen LogP contribution in [0.4, 0.5) is 4.79 Å². The number of alkyl carbamates (subject to hydrolysis) is 1. The molecule has 0 fully saturated rings. The van der Waals surface area contributed by atoms with Gasteiger partial charge >= 0.3 is 12.1 Å². The number of ether oxygens (including phenoxy) is 3. The quantitative estimate of drug-likeness (QED) is 0.361. The first-order valence-electron chi connectivity index (χ1n) is 12.1. The van der Waals surface area contributed by atoms with Gasteiger partial charge in [0.05, 0.1) is 13.5 Å². The van der Waals surface area contributed by atoms with E-state index in [4.69, 9.17) is 14.2 Å². The fraction of sp³-hybridized carbons (Fsp3) is 0.333. The Kier molecular flexibility index (Phi) is 9.12. The number of hydrogen-bond donors (Lipinski definition) is 1. The van der Waals surface area contributed by atoms with E-state index in [1.165, 1.54) is 7.11 Å². The smallest absolute Gasteiger partial charge is 0.407 e. The third-order valence-corrected chi connectivity index (χ3v) is 5.52. The SMILES string of the molecule is CCc1ccc(CC(=O)OC)c(OCc2cccc(-c3cccc(CNC(=O)OC(C)(C)C)c3)c2)c1. The van der Waals surface area contributed by atoms with Crippen LogP contribution in [0.5, 0.6) is 5.75 Å². The molecule has 6 heteroatoms. The van der Waals surface area contributed by atoms with Crippen LogP contribution in [0.15, 0.2) is 66.7 Å². The summed E-state index contributed by atoms with van der Waals surface area (Å²) in [5.74, 6) is 0.396. The van der Waals surface area contributed by atoms with Gasteiger partial charge in [0.1, 0.15) is 18.0 Å². The van der Waals surface area contributed by atoms with E-state index in [1.54, 1.807) is 0 Å². The molecule has 0 aromatic heterocycles. The maximum Gasteiger partial charge on any atom is 0.407 e. The lowest BCUT2D eigenvalue weighted by atomic mass is 10.0. The molecule has 1 amide bonds. The topological polar surface area (TPSA) is 73.9 Å². The predicted molar refractivity (Wildman–Crippen MR) is 141 cm³/mol. The predicted octanol–water partition coefficient (Wildman–Crippen LogP) is 6.24. The zero-order valence-corrected chi connectivity index (χ0v) is 21.7. The Hall–Kier alpha value is -3.80. The van der Waals surface area contributed by atoms with Gasteiger partial charge in [0, 0.05) is 12.1 Å². The van der Waals surface area contributed by atoms with E-state index >= 15 is 0 Å². The summed E-state index contributed by atoms with van der Waals surface area (Å²) >= 11 is 0. The van der Waals surface area contributed by atoms with Crippen LogP contribution < -0.4 is 10.1 Å². The Morgan fingerprint density at radius 3 is 2.17 bits per heavy atom. The Labute approximate surface area is 213 Å². The molecule has 0 atom stereocenters. The van der Waals surface area contributed by atoms with E-state index in [0.717, 1.165) is 39.8 Å². The number of aryl methyl sites for hydroxylation is 1. The summed E-state index contributed by atoms with van der Waals surface area (Å²) in [6.07, 6.45) is 0.606. The van der Waals surface area contributed by atoms with Crippen molar-refractivity contribution >= 4 is 12.1 Å². The molecule has 0 spiro atoms. The number of carbonyl (C=O) groups excluding carboxylic acids is 2. The molecule has 3 rings (SSSR count). The maximum atomic E-state index is 12.0. The molecule has 0 heterocycles. The van der Waals surface area contributed by atoms with Crippen LogP contribution in [0, 0.1) is 0 Å². The zero-order chi connectivity index (χ0) is 26.1. The molecule has 0 unspecified atom stereocenters. The summed E-state index contributed by atoms with van der Waals surface area (Å²) in [5.41, 5.74) is 5.49. The second kappa shape index (κ2) is 12.2. The molecule has 3 aromatic carbocycles. The molecule has 0 radical (unpaired) electrons. The Morgan fingerprint density at radius 2 is 1.53 bits per heavy atom. The van der Waals surface area contributed by atoms with Crippen LogP contribution in [-0.4, -0.2) is 24.8 Å². The van der Waals surface area contributed by atoms with Crippen molar-refractivity contribution < 1.29 is 23.8 Å². The molecule has 0 aliphatic heterocycles. The maximum absolute atomic E-state index is 12.0. The van der Waals surface area contributed by atoms with E-state index < -0.39 is 11.7 Å². The van der Waals surface area contributed by atoms with Gasteiger partial charge in [0.2, 0.25) is 0 Å². The normalized spacial score (nSPS) is 11.0. The monoisotopic (exact) mass is 489 g/mol. The van der Waals surface area contributed by atoms with E-state index in [0.29, 0.717) is 18.9 Å². The van der Waals surface area contributed by atoms with Gasteiger partial charge in [-0.2, -0.15) is 0 Å². The van der Waals surface area contributed by atoms with Crippen molar-refractivity contribution in [2.24, 2.45) is 0 Å². The van der Waals surface area contributed by atoms with Crippen LogP contribution in [0.25, 0.3) is 11.1 Å². The largest absolute Gasteiger partial charge is 0.489 e. The minimum absolute atomic E-state index is 0.167. The number of hydrogen-bond acceptors (Lipinski definition) is 5. The number of rotatable bonds is 9. The third kappa shape index (κ3) is 8.15. The Bertz CT molecular complexity index is 1200. The van der Waals surface area contributed by atoms with E-state index in [9.17, 15) is 9.59 Å². The first-order chi connectivity index (χ1) is 17.2. The van der Waals surface area contributed by atoms with Crippen molar-refractivity contribution in [1.29, 1.82) is 0 Å². The lowest BCUT2D eigenvalue weighted by Crippen LogP contribution is -2.32. The summed E-state index contributed by atoms with van der Waals surface area (Å²) in [4.78, 5) is 23.8. The Morgan fingerprint density at radius 1 is 0.861 bits per heavy atom. The van der Waals surface area contributed by atoms with Crippen LogP contribution in [0.2, 0.25) is 0 Å². The Balaban J connectivity index is 1.71. The van der Waals surface area contributed by atoms with Crippen LogP contribution >= 0.6 is 0 Å². The molecule has 0 saturated heterocycles. The number of esters is 1. The molecule has 0 aliphatic carbocycles. The molecule has 0 aliphatic rings. The lowest BCUT2D eigenvalue weighted by molar-refractivity contribution is -0.139. The molecular formula is C30H35NO5. The number of amides is 1. The van der Waals surface area contributed by atoms with Gasteiger partial charge in [-0.1, -0.05) is 55.5 Å². The molecule has 3 aromatic rings. The second-order valence-electron chi connectivity index (χ2n) is 9.59. The van der Waals surface area contributed by atoms with Crippen molar-refractivity contribution in [2.45, 2.75) is 59.3 Å². The van der Waals surface area contributed by atoms with Crippen LogP contribution in [0.3, 0.4) is 0 Å². The van der Waals surface area contributed by atoms with Gasteiger partial charge in [0.25, 0.3) is 0 Å². The second-order valence-corrected chi connectivity index (χ2v) is 9.59. The van der Waals surface area contributed by atoms with Crippen molar-refractivity contribution in [3.8, 4) is 16.9 Å². The molecule has 1 N–H and O–H groups in total. The zero-order valence-electron chi connectivity index (χ0n) is 21.7. The summed E-state index contributed by atoms with van der Waals surface area (Å²) in [6.45, 7) is 8.34. The van der Waals surface area contributed by atoms with Crippen molar-refractivity contribution in [3.63, 3.8) is 0 Å². The lowest BCUT2D eigenvalue weighted by Gasteiger charge is -2.19. The van der Waals surface area contributed by atoms with Gasteiger partial charge in [-0.15, -0.1) is 0 Å². The third-order valence-electron chi connectivity index (χ3n) is 5.52. The number of methoxy groups -OCH3 is 1. The first kappa shape index (κ1) is 26.8. The highest BCUT2D eigenvalue weighted by Gasteiger charge is 2.16. The summed E-state index contributed by atoms with van der Waals surface area (Å²) in [7, 11) is 1.39.